The molecule has 10 heteroatoms. The summed E-state index contributed by atoms with van der Waals surface area (Å²) in [6, 6.07) is 8.92. The quantitative estimate of drug-likeness (QED) is 0.446. The van der Waals surface area contributed by atoms with Gasteiger partial charge >= 0.3 is 11.9 Å². The third-order valence-corrected chi connectivity index (χ3v) is 4.00. The highest BCUT2D eigenvalue weighted by atomic mass is 16.6. The topological polar surface area (TPSA) is 155 Å². The third-order valence-electron chi connectivity index (χ3n) is 4.00. The predicted octanol–water partition coefficient (Wildman–Crippen LogP) is 1.96. The van der Waals surface area contributed by atoms with E-state index in [9.17, 15) is 30.2 Å². The van der Waals surface area contributed by atoms with Crippen LogP contribution in [0.4, 0.5) is 5.69 Å². The number of para-hydroxylation sites is 1. The van der Waals surface area contributed by atoms with Gasteiger partial charge in [0.15, 0.2) is 0 Å². The lowest BCUT2D eigenvalue weighted by molar-refractivity contribution is -0.385. The van der Waals surface area contributed by atoms with Crippen molar-refractivity contribution in [2.24, 2.45) is 0 Å². The molecule has 0 saturated heterocycles. The van der Waals surface area contributed by atoms with Gasteiger partial charge in [-0.2, -0.15) is 10.5 Å². The van der Waals surface area contributed by atoms with Gasteiger partial charge in [0, 0.05) is 11.6 Å². The number of nitrogens with zero attached hydrogens (tertiary/aromatic N) is 3. The van der Waals surface area contributed by atoms with E-state index < -0.39 is 34.6 Å². The van der Waals surface area contributed by atoms with Crippen molar-refractivity contribution in [3.63, 3.8) is 0 Å². The fourth-order valence-corrected chi connectivity index (χ4v) is 2.91. The number of methoxy groups -OCH3 is 1. The summed E-state index contributed by atoms with van der Waals surface area (Å²) in [7, 11) is 1.07. The van der Waals surface area contributed by atoms with Crippen molar-refractivity contribution in [1.82, 2.24) is 5.32 Å². The Bertz CT molecular complexity index is 1030. The number of esters is 2. The summed E-state index contributed by atoms with van der Waals surface area (Å²) in [6.07, 6.45) is -0.565. The first kappa shape index (κ1) is 21.1. The smallest absolute Gasteiger partial charge is 0.338 e. The van der Waals surface area contributed by atoms with Crippen LogP contribution in [0, 0.1) is 32.8 Å². The fraction of sp³-hybridized carbons (Fsp3) is 0.263. The number of nitriles is 2. The number of ether oxygens (including phenoxy) is 2. The number of allylic oxidation sites excluding steroid dienone is 2. The summed E-state index contributed by atoms with van der Waals surface area (Å²) in [6.45, 7) is 3.16. The van der Waals surface area contributed by atoms with Crippen LogP contribution >= 0.6 is 0 Å². The number of benzene rings is 1. The largest absolute Gasteiger partial charge is 0.466 e. The number of carbonyl (C=O) groups excluding carboxylic acids is 2. The summed E-state index contributed by atoms with van der Waals surface area (Å²) in [5.41, 5.74) is -1.81. The molecule has 0 aromatic heterocycles. The van der Waals surface area contributed by atoms with Gasteiger partial charge in [0.25, 0.3) is 5.69 Å². The Balaban J connectivity index is 2.90. The third kappa shape index (κ3) is 4.06. The van der Waals surface area contributed by atoms with Crippen molar-refractivity contribution in [3.05, 3.63) is 62.5 Å². The van der Waals surface area contributed by atoms with Crippen LogP contribution in [-0.2, 0) is 19.1 Å². The number of dihydropyridines is 1. The van der Waals surface area contributed by atoms with Gasteiger partial charge in [0.05, 0.1) is 35.2 Å². The lowest BCUT2D eigenvalue weighted by atomic mass is 9.79. The van der Waals surface area contributed by atoms with Crippen LogP contribution in [-0.4, -0.2) is 30.1 Å². The van der Waals surface area contributed by atoms with E-state index in [1.165, 1.54) is 24.3 Å². The zero-order valence-corrected chi connectivity index (χ0v) is 15.8. The maximum Gasteiger partial charge on any atom is 0.338 e. The molecule has 0 radical (unpaired) electrons. The number of rotatable bonds is 5. The molecule has 148 valence electrons. The first-order chi connectivity index (χ1) is 13.8. The normalized spacial score (nSPS) is 15.9. The Hall–Kier alpha value is -4.18. The number of hydrogen-bond donors (Lipinski definition) is 1. The average molecular weight is 396 g/mol. The summed E-state index contributed by atoms with van der Waals surface area (Å²) in [4.78, 5) is 36.2. The number of carbonyl (C=O) groups is 2. The molecule has 1 N–H and O–H groups in total. The van der Waals surface area contributed by atoms with E-state index in [0.717, 1.165) is 7.11 Å². The minimum Gasteiger partial charge on any atom is -0.466 e. The Morgan fingerprint density at radius 3 is 2.17 bits per heavy atom. The molecule has 1 atom stereocenters. The fourth-order valence-electron chi connectivity index (χ4n) is 2.91. The van der Waals surface area contributed by atoms with Crippen molar-refractivity contribution >= 4 is 17.6 Å². The van der Waals surface area contributed by atoms with Gasteiger partial charge in [-0.05, 0) is 13.8 Å². The molecule has 1 aliphatic rings. The first-order valence-electron chi connectivity index (χ1n) is 8.34. The average Bonchev–Trinajstić information content (AvgIpc) is 2.70. The van der Waals surface area contributed by atoms with E-state index in [2.05, 4.69) is 5.32 Å². The number of nitro groups is 1. The molecule has 1 unspecified atom stereocenters. The first-order valence-corrected chi connectivity index (χ1v) is 8.34. The molecule has 1 aromatic carbocycles. The minimum absolute atomic E-state index is 0.0596. The maximum atomic E-state index is 12.8. The van der Waals surface area contributed by atoms with Crippen LogP contribution in [0.3, 0.4) is 0 Å². The molecule has 1 aliphatic heterocycles. The van der Waals surface area contributed by atoms with Crippen molar-refractivity contribution < 1.29 is 24.0 Å². The summed E-state index contributed by atoms with van der Waals surface area (Å²) in [5, 5.41) is 33.0. The standard InChI is InChI=1S/C19H16N4O6/c1-10(2)29-19(25)17-13(9-21)22-12(8-20)16(18(24)28-3)15(17)11-6-4-5-7-14(11)23(26)27/h4-7,10,15,22H,1-3H3. The Labute approximate surface area is 165 Å². The Morgan fingerprint density at radius 2 is 1.69 bits per heavy atom. The van der Waals surface area contributed by atoms with Crippen molar-refractivity contribution in [3.8, 4) is 12.1 Å². The van der Waals surface area contributed by atoms with E-state index in [1.54, 1.807) is 26.0 Å². The van der Waals surface area contributed by atoms with Gasteiger partial charge in [-0.3, -0.25) is 10.1 Å². The van der Waals surface area contributed by atoms with Crippen molar-refractivity contribution in [2.45, 2.75) is 25.9 Å². The molecular formula is C19H16N4O6. The van der Waals surface area contributed by atoms with Crippen LogP contribution in [0.2, 0.25) is 0 Å². The van der Waals surface area contributed by atoms with E-state index in [1.807, 2.05) is 0 Å². The molecule has 0 aliphatic carbocycles. The molecule has 1 heterocycles. The van der Waals surface area contributed by atoms with Crippen LogP contribution in [0.25, 0.3) is 0 Å². The highest BCUT2D eigenvalue weighted by molar-refractivity contribution is 6.01. The molecule has 0 spiro atoms. The second-order valence-corrected chi connectivity index (χ2v) is 6.12. The highest BCUT2D eigenvalue weighted by Gasteiger charge is 2.43. The lowest BCUT2D eigenvalue weighted by Crippen LogP contribution is -2.34. The van der Waals surface area contributed by atoms with Gasteiger partial charge < -0.3 is 14.8 Å². The summed E-state index contributed by atoms with van der Waals surface area (Å²) >= 11 is 0. The second kappa shape index (κ2) is 8.67. The SMILES string of the molecule is COC(=O)C1=C(C#N)NC(C#N)=C(C(=O)OC(C)C)C1c1ccccc1[N+](=O)[O-]. The maximum absolute atomic E-state index is 12.8. The zero-order valence-electron chi connectivity index (χ0n) is 15.8. The molecule has 0 amide bonds. The molecule has 0 saturated carbocycles. The van der Waals surface area contributed by atoms with Crippen LogP contribution in [0.5, 0.6) is 0 Å². The van der Waals surface area contributed by atoms with Gasteiger partial charge in [-0.25, -0.2) is 9.59 Å². The zero-order chi connectivity index (χ0) is 21.7. The van der Waals surface area contributed by atoms with Gasteiger partial charge in [0.1, 0.15) is 23.5 Å². The van der Waals surface area contributed by atoms with Crippen LogP contribution < -0.4 is 5.32 Å². The number of nitro benzene ring substituents is 1. The summed E-state index contributed by atoms with van der Waals surface area (Å²) < 4.78 is 9.93. The van der Waals surface area contributed by atoms with Gasteiger partial charge in [-0.15, -0.1) is 0 Å². The van der Waals surface area contributed by atoms with E-state index in [4.69, 9.17) is 9.47 Å². The number of hydrogen-bond acceptors (Lipinski definition) is 9. The minimum atomic E-state index is -1.42. The Kier molecular flexibility index (Phi) is 6.32. The van der Waals surface area contributed by atoms with Gasteiger partial charge in [-0.1, -0.05) is 18.2 Å². The second-order valence-electron chi connectivity index (χ2n) is 6.12. The molecular weight excluding hydrogens is 380 g/mol. The van der Waals surface area contributed by atoms with Crippen molar-refractivity contribution in [1.29, 1.82) is 10.5 Å². The Morgan fingerprint density at radius 1 is 1.14 bits per heavy atom. The predicted molar refractivity (Wildman–Crippen MR) is 97.5 cm³/mol. The van der Waals surface area contributed by atoms with Gasteiger partial charge in [0.2, 0.25) is 0 Å². The molecule has 1 aromatic rings. The van der Waals surface area contributed by atoms with Crippen LogP contribution in [0.15, 0.2) is 46.8 Å². The molecule has 0 fully saturated rings. The molecule has 29 heavy (non-hydrogen) atoms. The molecule has 10 nitrogen and oxygen atoms in total. The lowest BCUT2D eigenvalue weighted by Gasteiger charge is -2.28. The van der Waals surface area contributed by atoms with Crippen LogP contribution in [0.1, 0.15) is 25.3 Å². The highest BCUT2D eigenvalue weighted by Crippen LogP contribution is 2.42. The molecule has 0 bridgehead atoms. The monoisotopic (exact) mass is 396 g/mol. The number of nitrogens with one attached hydrogen (secondary N) is 1. The van der Waals surface area contributed by atoms with Crippen molar-refractivity contribution in [2.75, 3.05) is 7.11 Å². The van der Waals surface area contributed by atoms with E-state index in [0.29, 0.717) is 0 Å². The van der Waals surface area contributed by atoms with E-state index >= 15 is 0 Å². The molecule has 2 rings (SSSR count). The van der Waals surface area contributed by atoms with E-state index in [-0.39, 0.29) is 28.1 Å². The summed E-state index contributed by atoms with van der Waals surface area (Å²) in [5.74, 6) is -3.35.